The number of sulfonamides is 1. The minimum absolute atomic E-state index is 0.125. The van der Waals surface area contributed by atoms with Crippen molar-refractivity contribution in [1.29, 1.82) is 0 Å². The number of hydrogen-bond acceptors (Lipinski definition) is 5. The van der Waals surface area contributed by atoms with E-state index < -0.39 is 10.0 Å². The van der Waals surface area contributed by atoms with E-state index in [9.17, 15) is 8.42 Å². The van der Waals surface area contributed by atoms with Crippen LogP contribution >= 0.6 is 0 Å². The third-order valence-corrected chi connectivity index (χ3v) is 4.37. The predicted molar refractivity (Wildman–Crippen MR) is 77.1 cm³/mol. The molecule has 0 atom stereocenters. The molecule has 0 aliphatic heterocycles. The van der Waals surface area contributed by atoms with E-state index in [0.717, 1.165) is 5.76 Å². The summed E-state index contributed by atoms with van der Waals surface area (Å²) in [7, 11) is -0.648. The zero-order valence-electron chi connectivity index (χ0n) is 11.8. The van der Waals surface area contributed by atoms with Crippen LogP contribution < -0.4 is 14.2 Å². The molecule has 0 saturated carbocycles. The van der Waals surface area contributed by atoms with E-state index in [1.807, 2.05) is 0 Å². The van der Waals surface area contributed by atoms with E-state index in [0.29, 0.717) is 17.9 Å². The van der Waals surface area contributed by atoms with Gasteiger partial charge in [0.15, 0.2) is 11.5 Å². The van der Waals surface area contributed by atoms with Crippen molar-refractivity contribution in [2.24, 2.45) is 0 Å². The molecule has 2 rings (SSSR count). The standard InChI is InChI=1S/C14H17NO5S/c1-18-13-6-5-12(10-14(13)19-2)21(16,17)15-8-7-11-4-3-9-20-11/h3-6,9-10,15H,7-8H2,1-2H3. The molecule has 0 aliphatic rings. The molecule has 114 valence electrons. The number of rotatable bonds is 7. The van der Waals surface area contributed by atoms with E-state index in [1.165, 1.54) is 26.4 Å². The van der Waals surface area contributed by atoms with Crippen molar-refractivity contribution in [3.8, 4) is 11.5 Å². The lowest BCUT2D eigenvalue weighted by Gasteiger charge is -2.10. The Morgan fingerprint density at radius 1 is 1.14 bits per heavy atom. The fourth-order valence-corrected chi connectivity index (χ4v) is 2.88. The van der Waals surface area contributed by atoms with Gasteiger partial charge in [-0.15, -0.1) is 0 Å². The van der Waals surface area contributed by atoms with Crippen LogP contribution in [-0.4, -0.2) is 29.2 Å². The second-order valence-electron chi connectivity index (χ2n) is 4.24. The van der Waals surface area contributed by atoms with Crippen LogP contribution in [0.2, 0.25) is 0 Å². The first-order valence-electron chi connectivity index (χ1n) is 6.31. The van der Waals surface area contributed by atoms with E-state index >= 15 is 0 Å². The Hall–Kier alpha value is -1.99. The molecule has 1 aromatic heterocycles. The van der Waals surface area contributed by atoms with E-state index in [1.54, 1.807) is 24.5 Å². The number of nitrogens with one attached hydrogen (secondary N) is 1. The lowest BCUT2D eigenvalue weighted by atomic mass is 10.3. The normalized spacial score (nSPS) is 11.3. The van der Waals surface area contributed by atoms with Gasteiger partial charge in [0.2, 0.25) is 10.0 Å². The Morgan fingerprint density at radius 2 is 1.90 bits per heavy atom. The molecule has 0 bridgehead atoms. The van der Waals surface area contributed by atoms with Gasteiger partial charge in [-0.2, -0.15) is 0 Å². The molecule has 0 unspecified atom stereocenters. The van der Waals surface area contributed by atoms with Crippen LogP contribution in [0.4, 0.5) is 0 Å². The monoisotopic (exact) mass is 311 g/mol. The van der Waals surface area contributed by atoms with Crippen LogP contribution in [-0.2, 0) is 16.4 Å². The first kappa shape index (κ1) is 15.4. The predicted octanol–water partition coefficient (Wildman–Crippen LogP) is 1.82. The molecular weight excluding hydrogens is 294 g/mol. The molecule has 0 spiro atoms. The second kappa shape index (κ2) is 6.64. The Kier molecular flexibility index (Phi) is 4.87. The summed E-state index contributed by atoms with van der Waals surface area (Å²) in [4.78, 5) is 0.125. The molecule has 2 aromatic rings. The SMILES string of the molecule is COc1ccc(S(=O)(=O)NCCc2ccco2)cc1OC. The molecule has 0 aliphatic carbocycles. The van der Waals surface area contributed by atoms with Crippen molar-refractivity contribution in [2.45, 2.75) is 11.3 Å². The summed E-state index contributed by atoms with van der Waals surface area (Å²) in [6, 6.07) is 8.01. The molecule has 1 N–H and O–H groups in total. The summed E-state index contributed by atoms with van der Waals surface area (Å²) >= 11 is 0. The average Bonchev–Trinajstić information content (AvgIpc) is 2.99. The Bertz CT molecular complexity index is 679. The van der Waals surface area contributed by atoms with Gasteiger partial charge >= 0.3 is 0 Å². The lowest BCUT2D eigenvalue weighted by molar-refractivity contribution is 0.354. The first-order valence-corrected chi connectivity index (χ1v) is 7.79. The maximum atomic E-state index is 12.2. The van der Waals surface area contributed by atoms with Crippen molar-refractivity contribution in [1.82, 2.24) is 4.72 Å². The van der Waals surface area contributed by atoms with Gasteiger partial charge in [-0.05, 0) is 24.3 Å². The summed E-state index contributed by atoms with van der Waals surface area (Å²) < 4.78 is 42.2. The van der Waals surface area contributed by atoms with Crippen LogP contribution in [0.3, 0.4) is 0 Å². The molecule has 0 radical (unpaired) electrons. The highest BCUT2D eigenvalue weighted by molar-refractivity contribution is 7.89. The molecule has 21 heavy (non-hydrogen) atoms. The molecule has 0 fully saturated rings. The minimum Gasteiger partial charge on any atom is -0.493 e. The van der Waals surface area contributed by atoms with Crippen molar-refractivity contribution in [2.75, 3.05) is 20.8 Å². The molecule has 0 amide bonds. The topological polar surface area (TPSA) is 77.8 Å². The molecule has 1 aromatic carbocycles. The molecule has 6 nitrogen and oxygen atoms in total. The van der Waals surface area contributed by atoms with Gasteiger partial charge < -0.3 is 13.9 Å². The van der Waals surface area contributed by atoms with Gasteiger partial charge in [-0.3, -0.25) is 0 Å². The van der Waals surface area contributed by atoms with Crippen LogP contribution in [0, 0.1) is 0 Å². The van der Waals surface area contributed by atoms with Gasteiger partial charge in [0.05, 0.1) is 25.4 Å². The second-order valence-corrected chi connectivity index (χ2v) is 6.01. The van der Waals surface area contributed by atoms with Crippen LogP contribution in [0.15, 0.2) is 45.9 Å². The average molecular weight is 311 g/mol. The number of methoxy groups -OCH3 is 2. The Morgan fingerprint density at radius 3 is 2.52 bits per heavy atom. The zero-order valence-corrected chi connectivity index (χ0v) is 12.6. The Balaban J connectivity index is 2.08. The molecule has 0 saturated heterocycles. The maximum Gasteiger partial charge on any atom is 0.240 e. The number of ether oxygens (including phenoxy) is 2. The summed E-state index contributed by atoms with van der Waals surface area (Å²) in [6.45, 7) is 0.254. The first-order chi connectivity index (χ1) is 10.1. The number of benzene rings is 1. The van der Waals surface area contributed by atoms with E-state index in [4.69, 9.17) is 13.9 Å². The summed E-state index contributed by atoms with van der Waals surface area (Å²) in [5.41, 5.74) is 0. The highest BCUT2D eigenvalue weighted by Crippen LogP contribution is 2.29. The van der Waals surface area contributed by atoms with Gasteiger partial charge in [0.1, 0.15) is 5.76 Å². The Labute approximate surface area is 123 Å². The summed E-state index contributed by atoms with van der Waals surface area (Å²) in [6.07, 6.45) is 2.04. The van der Waals surface area contributed by atoms with Crippen LogP contribution in [0.1, 0.15) is 5.76 Å². The molecule has 1 heterocycles. The van der Waals surface area contributed by atoms with Crippen LogP contribution in [0.25, 0.3) is 0 Å². The van der Waals surface area contributed by atoms with Gasteiger partial charge in [0, 0.05) is 19.0 Å². The van der Waals surface area contributed by atoms with Crippen molar-refractivity contribution in [3.05, 3.63) is 42.4 Å². The third kappa shape index (κ3) is 3.77. The summed E-state index contributed by atoms with van der Waals surface area (Å²) in [5.74, 6) is 1.57. The van der Waals surface area contributed by atoms with Gasteiger partial charge in [0.25, 0.3) is 0 Å². The third-order valence-electron chi connectivity index (χ3n) is 2.91. The lowest BCUT2D eigenvalue weighted by Crippen LogP contribution is -2.25. The van der Waals surface area contributed by atoms with Crippen molar-refractivity contribution < 1.29 is 22.3 Å². The quantitative estimate of drug-likeness (QED) is 0.844. The van der Waals surface area contributed by atoms with Crippen molar-refractivity contribution in [3.63, 3.8) is 0 Å². The van der Waals surface area contributed by atoms with Gasteiger partial charge in [-0.25, -0.2) is 13.1 Å². The highest BCUT2D eigenvalue weighted by Gasteiger charge is 2.16. The maximum absolute atomic E-state index is 12.2. The largest absolute Gasteiger partial charge is 0.493 e. The minimum atomic E-state index is -3.60. The number of hydrogen-bond donors (Lipinski definition) is 1. The highest BCUT2D eigenvalue weighted by atomic mass is 32.2. The number of furan rings is 1. The zero-order chi connectivity index (χ0) is 15.3. The fraction of sp³-hybridized carbons (Fsp3) is 0.286. The fourth-order valence-electron chi connectivity index (χ4n) is 1.83. The van der Waals surface area contributed by atoms with Gasteiger partial charge in [-0.1, -0.05) is 0 Å². The molecular formula is C14H17NO5S. The van der Waals surface area contributed by atoms with Crippen molar-refractivity contribution >= 4 is 10.0 Å². The van der Waals surface area contributed by atoms with E-state index in [2.05, 4.69) is 4.72 Å². The summed E-state index contributed by atoms with van der Waals surface area (Å²) in [5, 5.41) is 0. The van der Waals surface area contributed by atoms with E-state index in [-0.39, 0.29) is 11.4 Å². The molecule has 7 heteroatoms. The van der Waals surface area contributed by atoms with Crippen LogP contribution in [0.5, 0.6) is 11.5 Å². The smallest absolute Gasteiger partial charge is 0.240 e.